The van der Waals surface area contributed by atoms with Crippen molar-refractivity contribution >= 4 is 28.2 Å². The third-order valence-corrected chi connectivity index (χ3v) is 4.68. The maximum Gasteiger partial charge on any atom is 0.261 e. The highest BCUT2D eigenvalue weighted by Crippen LogP contribution is 2.25. The van der Waals surface area contributed by atoms with Crippen molar-refractivity contribution in [3.8, 4) is 0 Å². The number of aromatic nitrogens is 2. The van der Waals surface area contributed by atoms with E-state index in [0.717, 1.165) is 31.6 Å². The summed E-state index contributed by atoms with van der Waals surface area (Å²) in [6, 6.07) is 11.5. The summed E-state index contributed by atoms with van der Waals surface area (Å²) in [5, 5.41) is 3.13. The third kappa shape index (κ3) is 3.67. The first-order chi connectivity index (χ1) is 13.1. The number of halogens is 1. The average Bonchev–Trinajstić information content (AvgIpc) is 3.18. The molecule has 1 amide bonds. The van der Waals surface area contributed by atoms with Crippen LogP contribution in [0.2, 0.25) is 0 Å². The van der Waals surface area contributed by atoms with Gasteiger partial charge in [0.25, 0.3) is 5.56 Å². The van der Waals surface area contributed by atoms with Gasteiger partial charge in [0.2, 0.25) is 5.91 Å². The van der Waals surface area contributed by atoms with Gasteiger partial charge in [-0.3, -0.25) is 14.2 Å². The highest BCUT2D eigenvalue weighted by Gasteiger charge is 2.15. The topological polar surface area (TPSA) is 67.2 Å². The number of hydrogen-bond acceptors (Lipinski definition) is 4. The molecule has 7 heteroatoms. The molecule has 2 aromatic carbocycles. The first-order valence-electron chi connectivity index (χ1n) is 8.90. The van der Waals surface area contributed by atoms with Gasteiger partial charge in [-0.05, 0) is 43.2 Å². The molecule has 6 nitrogen and oxygen atoms in total. The van der Waals surface area contributed by atoms with Crippen molar-refractivity contribution in [3.63, 3.8) is 0 Å². The van der Waals surface area contributed by atoms with Gasteiger partial charge in [-0.1, -0.05) is 12.1 Å². The van der Waals surface area contributed by atoms with Gasteiger partial charge in [-0.15, -0.1) is 0 Å². The van der Waals surface area contributed by atoms with Crippen molar-refractivity contribution in [2.75, 3.05) is 23.3 Å². The van der Waals surface area contributed by atoms with Crippen LogP contribution in [-0.4, -0.2) is 28.5 Å². The maximum atomic E-state index is 14.0. The number of amides is 1. The smallest absolute Gasteiger partial charge is 0.261 e. The Bertz CT molecular complexity index is 1060. The lowest BCUT2D eigenvalue weighted by atomic mass is 10.2. The molecule has 1 aromatic heterocycles. The normalized spacial score (nSPS) is 13.9. The minimum atomic E-state index is -0.410. The molecule has 0 spiro atoms. The molecule has 0 bridgehead atoms. The highest BCUT2D eigenvalue weighted by molar-refractivity contribution is 5.91. The van der Waals surface area contributed by atoms with Crippen LogP contribution in [0, 0.1) is 5.82 Å². The predicted molar refractivity (Wildman–Crippen MR) is 102 cm³/mol. The van der Waals surface area contributed by atoms with Gasteiger partial charge in [0.15, 0.2) is 0 Å². The molecular formula is C20H19FN4O2. The standard InChI is InChI=1S/C20H19FN4O2/c21-14-9-15(11-16(10-14)24-7-3-4-8-24)23-19(26)12-25-13-22-18-6-2-1-5-17(18)20(25)27/h1-2,5-6,9-11,13H,3-4,7-8,12H2,(H,23,26). The van der Waals surface area contributed by atoms with Crippen LogP contribution in [0.3, 0.4) is 0 Å². The van der Waals surface area contributed by atoms with E-state index in [-0.39, 0.29) is 12.1 Å². The van der Waals surface area contributed by atoms with E-state index in [1.807, 2.05) is 0 Å². The van der Waals surface area contributed by atoms with Crippen molar-refractivity contribution in [2.24, 2.45) is 0 Å². The van der Waals surface area contributed by atoms with E-state index in [0.29, 0.717) is 16.6 Å². The second kappa shape index (κ2) is 7.19. The Morgan fingerprint density at radius 2 is 1.93 bits per heavy atom. The number of para-hydroxylation sites is 1. The molecule has 138 valence electrons. The van der Waals surface area contributed by atoms with Crippen LogP contribution in [-0.2, 0) is 11.3 Å². The van der Waals surface area contributed by atoms with Gasteiger partial charge in [0.1, 0.15) is 12.4 Å². The first kappa shape index (κ1) is 17.2. The summed E-state index contributed by atoms with van der Waals surface area (Å²) in [5.74, 6) is -0.814. The SMILES string of the molecule is O=C(Cn1cnc2ccccc2c1=O)Nc1cc(F)cc(N2CCCC2)c1. The summed E-state index contributed by atoms with van der Waals surface area (Å²) in [5.41, 5.74) is 1.43. The van der Waals surface area contributed by atoms with Crippen LogP contribution in [0.5, 0.6) is 0 Å². The van der Waals surface area contributed by atoms with E-state index in [1.165, 1.54) is 23.0 Å². The molecule has 4 rings (SSSR count). The van der Waals surface area contributed by atoms with Gasteiger partial charge < -0.3 is 10.2 Å². The summed E-state index contributed by atoms with van der Waals surface area (Å²) in [6.07, 6.45) is 3.51. The lowest BCUT2D eigenvalue weighted by Gasteiger charge is -2.19. The quantitative estimate of drug-likeness (QED) is 0.771. The van der Waals surface area contributed by atoms with Crippen molar-refractivity contribution in [2.45, 2.75) is 19.4 Å². The Labute approximate surface area is 155 Å². The van der Waals surface area contributed by atoms with E-state index in [4.69, 9.17) is 0 Å². The average molecular weight is 366 g/mol. The number of nitrogens with one attached hydrogen (secondary N) is 1. The second-order valence-corrected chi connectivity index (χ2v) is 6.64. The minimum Gasteiger partial charge on any atom is -0.371 e. The van der Waals surface area contributed by atoms with Gasteiger partial charge in [0.05, 0.1) is 17.2 Å². The maximum absolute atomic E-state index is 14.0. The molecule has 1 N–H and O–H groups in total. The van der Waals surface area contributed by atoms with Crippen LogP contribution < -0.4 is 15.8 Å². The first-order valence-corrected chi connectivity index (χ1v) is 8.90. The number of carbonyl (C=O) groups is 1. The number of benzene rings is 2. The predicted octanol–water partition coefficient (Wildman–Crippen LogP) is 2.77. The molecule has 0 radical (unpaired) electrons. The van der Waals surface area contributed by atoms with Gasteiger partial charge >= 0.3 is 0 Å². The Hall–Kier alpha value is -3.22. The molecule has 3 aromatic rings. The number of anilines is 2. The molecule has 0 unspecified atom stereocenters. The second-order valence-electron chi connectivity index (χ2n) is 6.64. The Morgan fingerprint density at radius 3 is 2.74 bits per heavy atom. The molecule has 2 heterocycles. The number of fused-ring (bicyclic) bond motifs is 1. The fourth-order valence-corrected chi connectivity index (χ4v) is 3.38. The number of rotatable bonds is 4. The summed E-state index contributed by atoms with van der Waals surface area (Å²) in [6.45, 7) is 1.58. The Balaban J connectivity index is 1.53. The van der Waals surface area contributed by atoms with Crippen LogP contribution in [0.15, 0.2) is 53.6 Å². The van der Waals surface area contributed by atoms with Crippen LogP contribution in [0.25, 0.3) is 10.9 Å². The summed E-state index contributed by atoms with van der Waals surface area (Å²) < 4.78 is 15.2. The highest BCUT2D eigenvalue weighted by atomic mass is 19.1. The van der Waals surface area contributed by atoms with Crippen molar-refractivity contribution in [3.05, 3.63) is 65.0 Å². The van der Waals surface area contributed by atoms with Gasteiger partial charge in [0, 0.05) is 24.5 Å². The Morgan fingerprint density at radius 1 is 1.15 bits per heavy atom. The molecule has 0 saturated carbocycles. The summed E-state index contributed by atoms with van der Waals surface area (Å²) >= 11 is 0. The molecule has 1 fully saturated rings. The zero-order chi connectivity index (χ0) is 18.8. The largest absolute Gasteiger partial charge is 0.371 e. The lowest BCUT2D eigenvalue weighted by Crippen LogP contribution is -2.28. The monoisotopic (exact) mass is 366 g/mol. The van der Waals surface area contributed by atoms with E-state index in [2.05, 4.69) is 15.2 Å². The number of hydrogen-bond donors (Lipinski definition) is 1. The molecular weight excluding hydrogens is 347 g/mol. The summed E-state index contributed by atoms with van der Waals surface area (Å²) in [4.78, 5) is 31.1. The van der Waals surface area contributed by atoms with E-state index >= 15 is 0 Å². The molecule has 1 saturated heterocycles. The van der Waals surface area contributed by atoms with E-state index in [1.54, 1.807) is 30.3 Å². The fraction of sp³-hybridized carbons (Fsp3) is 0.250. The zero-order valence-corrected chi connectivity index (χ0v) is 14.7. The van der Waals surface area contributed by atoms with Crippen molar-refractivity contribution in [1.82, 2.24) is 9.55 Å². The fourth-order valence-electron chi connectivity index (χ4n) is 3.38. The molecule has 1 aliphatic heterocycles. The molecule has 27 heavy (non-hydrogen) atoms. The van der Waals surface area contributed by atoms with Crippen LogP contribution >= 0.6 is 0 Å². The van der Waals surface area contributed by atoms with Crippen molar-refractivity contribution < 1.29 is 9.18 Å². The van der Waals surface area contributed by atoms with E-state index in [9.17, 15) is 14.0 Å². The number of nitrogens with zero attached hydrogens (tertiary/aromatic N) is 3. The minimum absolute atomic E-state index is 0.188. The molecule has 1 aliphatic rings. The lowest BCUT2D eigenvalue weighted by molar-refractivity contribution is -0.116. The third-order valence-electron chi connectivity index (χ3n) is 4.68. The molecule has 0 aliphatic carbocycles. The summed E-state index contributed by atoms with van der Waals surface area (Å²) in [7, 11) is 0. The molecule has 0 atom stereocenters. The van der Waals surface area contributed by atoms with E-state index < -0.39 is 11.7 Å². The zero-order valence-electron chi connectivity index (χ0n) is 14.7. The van der Waals surface area contributed by atoms with Crippen molar-refractivity contribution in [1.29, 1.82) is 0 Å². The van der Waals surface area contributed by atoms with Crippen LogP contribution in [0.4, 0.5) is 15.8 Å². The van der Waals surface area contributed by atoms with Gasteiger partial charge in [-0.25, -0.2) is 9.37 Å². The van der Waals surface area contributed by atoms with Gasteiger partial charge in [-0.2, -0.15) is 0 Å². The number of carbonyl (C=O) groups excluding carboxylic acids is 1. The van der Waals surface area contributed by atoms with Crippen LogP contribution in [0.1, 0.15) is 12.8 Å². The Kier molecular flexibility index (Phi) is 4.58.